The number of rotatable bonds is 9. The van der Waals surface area contributed by atoms with Gasteiger partial charge in [0.05, 0.1) is 0 Å². The number of amides is 1. The number of nitrogens with zero attached hydrogens (tertiary/aromatic N) is 2. The number of aliphatic hydroxyl groups excluding tert-OH is 1. The second kappa shape index (κ2) is 10.4. The van der Waals surface area contributed by atoms with Gasteiger partial charge in [-0.05, 0) is 57.5 Å². The number of carbonyl (C=O) groups is 1. The summed E-state index contributed by atoms with van der Waals surface area (Å²) in [5.41, 5.74) is 1.77. The summed E-state index contributed by atoms with van der Waals surface area (Å²) in [5.74, 6) is 1.46. The first-order valence-electron chi connectivity index (χ1n) is 10.3. The molecule has 0 fully saturated rings. The molecule has 0 bridgehead atoms. The molecule has 1 aromatic rings. The molecule has 1 aromatic carbocycles. The van der Waals surface area contributed by atoms with E-state index in [2.05, 4.69) is 0 Å². The highest BCUT2D eigenvalue weighted by atomic mass is 16.7. The number of hydrogen-bond acceptors (Lipinski definition) is 7. The predicted molar refractivity (Wildman–Crippen MR) is 111 cm³/mol. The lowest BCUT2D eigenvalue weighted by Crippen LogP contribution is -2.40. The van der Waals surface area contributed by atoms with Crippen LogP contribution in [-0.4, -0.2) is 60.0 Å². The number of likely N-dealkylation sites (N-methyl/N-ethyl adjacent to an activating group) is 1. The summed E-state index contributed by atoms with van der Waals surface area (Å²) in [6.07, 6.45) is 5.40. The van der Waals surface area contributed by atoms with Gasteiger partial charge in [0.2, 0.25) is 6.79 Å². The van der Waals surface area contributed by atoms with E-state index in [4.69, 9.17) is 18.9 Å². The van der Waals surface area contributed by atoms with Crippen LogP contribution < -0.4 is 9.47 Å². The van der Waals surface area contributed by atoms with Crippen molar-refractivity contribution < 1.29 is 28.8 Å². The maximum absolute atomic E-state index is 12.5. The molecule has 2 unspecified atom stereocenters. The molecule has 0 saturated carbocycles. The minimum Gasteiger partial charge on any atom is -0.454 e. The van der Waals surface area contributed by atoms with Crippen LogP contribution >= 0.6 is 0 Å². The van der Waals surface area contributed by atoms with Gasteiger partial charge in [0.25, 0.3) is 0 Å². The summed E-state index contributed by atoms with van der Waals surface area (Å²) in [6, 6.07) is 5.69. The molecular weight excluding hydrogens is 388 g/mol. The molecule has 1 amide bonds. The average Bonchev–Trinajstić information content (AvgIpc) is 3.22. The van der Waals surface area contributed by atoms with Gasteiger partial charge in [-0.2, -0.15) is 0 Å². The Hall–Kier alpha value is -2.71. The second-order valence-electron chi connectivity index (χ2n) is 7.20. The number of benzene rings is 1. The SMILES string of the molecule is CCN1C=CCC(C(O)OCOC(=O)N(CC)C(C)Cc2ccc3c(c2)OCO3)=C1. The molecule has 2 aliphatic rings. The van der Waals surface area contributed by atoms with Crippen molar-refractivity contribution in [2.45, 2.75) is 45.9 Å². The third kappa shape index (κ3) is 5.46. The Morgan fingerprint density at radius 2 is 2.10 bits per heavy atom. The molecule has 30 heavy (non-hydrogen) atoms. The fourth-order valence-corrected chi connectivity index (χ4v) is 3.47. The molecule has 2 atom stereocenters. The van der Waals surface area contributed by atoms with E-state index < -0.39 is 12.4 Å². The molecule has 8 nitrogen and oxygen atoms in total. The molecule has 0 aromatic heterocycles. The van der Waals surface area contributed by atoms with Crippen molar-refractivity contribution in [1.29, 1.82) is 0 Å². The summed E-state index contributed by atoms with van der Waals surface area (Å²) in [6.45, 7) is 7.08. The fourth-order valence-electron chi connectivity index (χ4n) is 3.47. The number of ether oxygens (including phenoxy) is 4. The van der Waals surface area contributed by atoms with Gasteiger partial charge in [-0.1, -0.05) is 12.1 Å². The number of hydrogen-bond donors (Lipinski definition) is 1. The Morgan fingerprint density at radius 1 is 1.30 bits per heavy atom. The third-order valence-electron chi connectivity index (χ3n) is 5.15. The Bertz CT molecular complexity index is 794. The highest BCUT2D eigenvalue weighted by Gasteiger charge is 2.22. The van der Waals surface area contributed by atoms with Crippen LogP contribution in [0, 0.1) is 0 Å². The topological polar surface area (TPSA) is 80.7 Å². The zero-order valence-corrected chi connectivity index (χ0v) is 17.7. The number of fused-ring (bicyclic) bond motifs is 1. The predicted octanol–water partition coefficient (Wildman–Crippen LogP) is 3.22. The van der Waals surface area contributed by atoms with Gasteiger partial charge in [0.15, 0.2) is 24.6 Å². The number of carbonyl (C=O) groups excluding carboxylic acids is 1. The smallest absolute Gasteiger partial charge is 0.412 e. The van der Waals surface area contributed by atoms with Crippen molar-refractivity contribution >= 4 is 6.09 Å². The van der Waals surface area contributed by atoms with Crippen LogP contribution in [-0.2, 0) is 15.9 Å². The van der Waals surface area contributed by atoms with Crippen molar-refractivity contribution in [3.63, 3.8) is 0 Å². The average molecular weight is 418 g/mol. The van der Waals surface area contributed by atoms with Crippen LogP contribution in [0.25, 0.3) is 0 Å². The Kier molecular flexibility index (Phi) is 7.59. The quantitative estimate of drug-likeness (QED) is 0.617. The summed E-state index contributed by atoms with van der Waals surface area (Å²) < 4.78 is 21.3. The molecule has 0 aliphatic carbocycles. The van der Waals surface area contributed by atoms with Gasteiger partial charge in [-0.15, -0.1) is 0 Å². The summed E-state index contributed by atoms with van der Waals surface area (Å²) in [7, 11) is 0. The zero-order chi connectivity index (χ0) is 21.5. The molecule has 2 heterocycles. The van der Waals surface area contributed by atoms with E-state index >= 15 is 0 Å². The Balaban J connectivity index is 1.47. The Labute approximate surface area is 177 Å². The number of allylic oxidation sites excluding steroid dienone is 1. The lowest BCUT2D eigenvalue weighted by Gasteiger charge is -2.28. The first kappa shape index (κ1) is 22.0. The van der Waals surface area contributed by atoms with Crippen LogP contribution in [0.3, 0.4) is 0 Å². The van der Waals surface area contributed by atoms with E-state index in [9.17, 15) is 9.90 Å². The van der Waals surface area contributed by atoms with Crippen molar-refractivity contribution in [3.05, 3.63) is 47.8 Å². The van der Waals surface area contributed by atoms with Gasteiger partial charge in [-0.25, -0.2) is 4.79 Å². The second-order valence-corrected chi connectivity index (χ2v) is 7.20. The van der Waals surface area contributed by atoms with E-state index in [-0.39, 0.29) is 19.6 Å². The molecule has 164 valence electrons. The summed E-state index contributed by atoms with van der Waals surface area (Å²) in [4.78, 5) is 16.1. The highest BCUT2D eigenvalue weighted by molar-refractivity contribution is 5.68. The molecular formula is C22H30N2O6. The van der Waals surface area contributed by atoms with Crippen LogP contribution in [0.2, 0.25) is 0 Å². The lowest BCUT2D eigenvalue weighted by atomic mass is 10.1. The first-order valence-corrected chi connectivity index (χ1v) is 10.3. The van der Waals surface area contributed by atoms with Crippen LogP contribution in [0.5, 0.6) is 11.5 Å². The lowest BCUT2D eigenvalue weighted by molar-refractivity contribution is -0.136. The fraction of sp³-hybridized carbons (Fsp3) is 0.500. The van der Waals surface area contributed by atoms with Crippen LogP contribution in [0.4, 0.5) is 4.79 Å². The monoisotopic (exact) mass is 418 g/mol. The normalized spacial score (nSPS) is 16.8. The molecule has 2 aliphatic heterocycles. The van der Waals surface area contributed by atoms with E-state index in [0.717, 1.165) is 29.2 Å². The third-order valence-corrected chi connectivity index (χ3v) is 5.15. The van der Waals surface area contributed by atoms with E-state index in [1.54, 1.807) is 4.90 Å². The summed E-state index contributed by atoms with van der Waals surface area (Å²) >= 11 is 0. The number of aliphatic hydroxyl groups is 1. The molecule has 0 saturated heterocycles. The molecule has 1 N–H and O–H groups in total. The van der Waals surface area contributed by atoms with Crippen LogP contribution in [0.15, 0.2) is 42.2 Å². The van der Waals surface area contributed by atoms with Crippen LogP contribution in [0.1, 0.15) is 32.8 Å². The Morgan fingerprint density at radius 3 is 2.87 bits per heavy atom. The largest absolute Gasteiger partial charge is 0.454 e. The molecule has 8 heteroatoms. The van der Waals surface area contributed by atoms with Gasteiger partial charge < -0.3 is 33.9 Å². The maximum Gasteiger partial charge on any atom is 0.412 e. The highest BCUT2D eigenvalue weighted by Crippen LogP contribution is 2.33. The minimum absolute atomic E-state index is 0.0860. The molecule has 0 spiro atoms. The van der Waals surface area contributed by atoms with Gasteiger partial charge in [0.1, 0.15) is 0 Å². The minimum atomic E-state index is -1.11. The molecule has 3 rings (SSSR count). The van der Waals surface area contributed by atoms with E-state index in [0.29, 0.717) is 19.4 Å². The van der Waals surface area contributed by atoms with Crippen molar-refractivity contribution in [3.8, 4) is 11.5 Å². The summed E-state index contributed by atoms with van der Waals surface area (Å²) in [5, 5.41) is 10.2. The van der Waals surface area contributed by atoms with E-state index in [1.165, 1.54) is 0 Å². The van der Waals surface area contributed by atoms with Crippen molar-refractivity contribution in [2.24, 2.45) is 0 Å². The van der Waals surface area contributed by atoms with Gasteiger partial charge in [-0.3, -0.25) is 0 Å². The van der Waals surface area contributed by atoms with Gasteiger partial charge in [0, 0.05) is 30.9 Å². The van der Waals surface area contributed by atoms with Gasteiger partial charge >= 0.3 is 6.09 Å². The van der Waals surface area contributed by atoms with Crippen molar-refractivity contribution in [1.82, 2.24) is 9.80 Å². The molecule has 0 radical (unpaired) electrons. The first-order chi connectivity index (χ1) is 14.5. The van der Waals surface area contributed by atoms with Crippen molar-refractivity contribution in [2.75, 3.05) is 26.7 Å². The van der Waals surface area contributed by atoms with E-state index in [1.807, 2.05) is 62.3 Å². The zero-order valence-electron chi connectivity index (χ0n) is 17.7. The maximum atomic E-state index is 12.5. The standard InChI is InChI=1S/C22H30N2O6/c1-4-23-10-6-7-18(13-23)21(25)29-15-30-22(26)24(5-2)16(3)11-17-8-9-19-20(12-17)28-14-27-19/h6,8-10,12-13,16,21,25H,4-5,7,11,14-15H2,1-3H3.